The molecule has 3 rings (SSSR count). The van der Waals surface area contributed by atoms with E-state index in [1.807, 2.05) is 12.1 Å². The summed E-state index contributed by atoms with van der Waals surface area (Å²) < 4.78 is 0. The molecule has 21 heavy (non-hydrogen) atoms. The Hall–Kier alpha value is -1.81. The quantitative estimate of drug-likeness (QED) is 0.924. The lowest BCUT2D eigenvalue weighted by atomic mass is 9.99. The molecule has 0 bridgehead atoms. The van der Waals surface area contributed by atoms with Crippen LogP contribution in [0.5, 0.6) is 0 Å². The highest BCUT2D eigenvalue weighted by atomic mass is 79.9. The summed E-state index contributed by atoms with van der Waals surface area (Å²) in [5, 5.41) is 3.57. The molecular weight excluding hydrogens is 326 g/mol. The van der Waals surface area contributed by atoms with Crippen LogP contribution in [0, 0.1) is 0 Å². The molecule has 4 heteroatoms. The van der Waals surface area contributed by atoms with Crippen molar-refractivity contribution in [1.29, 1.82) is 0 Å². The highest BCUT2D eigenvalue weighted by Crippen LogP contribution is 2.22. The molecule has 0 unspecified atom stereocenters. The van der Waals surface area contributed by atoms with E-state index in [2.05, 4.69) is 70.8 Å². The first kappa shape index (κ1) is 15.6. The Labute approximate surface area is 136 Å². The summed E-state index contributed by atoms with van der Waals surface area (Å²) in [4.78, 5) is 6.70. The van der Waals surface area contributed by atoms with Crippen molar-refractivity contribution < 1.29 is 0 Å². The predicted molar refractivity (Wildman–Crippen MR) is 93.1 cm³/mol. The van der Waals surface area contributed by atoms with Gasteiger partial charge in [-0.25, -0.2) is 0 Å². The molecule has 0 aromatic heterocycles. The van der Waals surface area contributed by atoms with Crippen molar-refractivity contribution in [2.24, 2.45) is 4.99 Å². The molecule has 3 nitrogen and oxygen atoms in total. The number of likely N-dealkylation sites (N-methyl/N-ethyl adjacent to an activating group) is 1. The van der Waals surface area contributed by atoms with Gasteiger partial charge in [0.1, 0.15) is 0 Å². The molecule has 2 aromatic rings. The minimum absolute atomic E-state index is 0. The Morgan fingerprint density at radius 2 is 1.48 bits per heavy atom. The first-order chi connectivity index (χ1) is 9.84. The van der Waals surface area contributed by atoms with Gasteiger partial charge in [0, 0.05) is 13.6 Å². The van der Waals surface area contributed by atoms with Gasteiger partial charge in [0.05, 0.1) is 12.6 Å². The molecule has 110 valence electrons. The zero-order valence-electron chi connectivity index (χ0n) is 12.1. The summed E-state index contributed by atoms with van der Waals surface area (Å²) in [5.74, 6) is 0.975. The minimum atomic E-state index is 0. The average Bonchev–Trinajstić information content (AvgIpc) is 2.92. The van der Waals surface area contributed by atoms with E-state index in [-0.39, 0.29) is 23.0 Å². The monoisotopic (exact) mass is 345 g/mol. The first-order valence-corrected chi connectivity index (χ1v) is 6.96. The number of guanidine groups is 1. The molecule has 0 saturated carbocycles. The van der Waals surface area contributed by atoms with Crippen LogP contribution < -0.4 is 5.32 Å². The van der Waals surface area contributed by atoms with Crippen LogP contribution in [0.25, 0.3) is 0 Å². The molecular formula is C17H20BrN3. The fraction of sp³-hybridized carbons (Fsp3) is 0.235. The van der Waals surface area contributed by atoms with Gasteiger partial charge >= 0.3 is 0 Å². The van der Waals surface area contributed by atoms with Crippen molar-refractivity contribution in [2.45, 2.75) is 6.04 Å². The third-order valence-corrected chi connectivity index (χ3v) is 3.60. The van der Waals surface area contributed by atoms with Gasteiger partial charge in [-0.05, 0) is 11.1 Å². The molecule has 0 spiro atoms. The maximum atomic E-state index is 4.54. The SMILES string of the molecule is Br.CN1CCN=C1NC(c1ccccc1)c1ccccc1. The van der Waals surface area contributed by atoms with Crippen molar-refractivity contribution in [3.05, 3.63) is 71.8 Å². The van der Waals surface area contributed by atoms with Crippen molar-refractivity contribution in [2.75, 3.05) is 20.1 Å². The fourth-order valence-corrected chi connectivity index (χ4v) is 2.47. The minimum Gasteiger partial charge on any atom is -0.345 e. The smallest absolute Gasteiger partial charge is 0.194 e. The number of hydrogen-bond acceptors (Lipinski definition) is 3. The van der Waals surface area contributed by atoms with E-state index in [9.17, 15) is 0 Å². The number of benzene rings is 2. The second kappa shape index (κ2) is 7.27. The summed E-state index contributed by atoms with van der Waals surface area (Å²) in [6.45, 7) is 1.85. The maximum Gasteiger partial charge on any atom is 0.194 e. The van der Waals surface area contributed by atoms with Gasteiger partial charge in [0.25, 0.3) is 0 Å². The van der Waals surface area contributed by atoms with Gasteiger partial charge in [0.15, 0.2) is 5.96 Å². The van der Waals surface area contributed by atoms with E-state index in [4.69, 9.17) is 0 Å². The van der Waals surface area contributed by atoms with Crippen LogP contribution >= 0.6 is 17.0 Å². The summed E-state index contributed by atoms with van der Waals surface area (Å²) in [5.41, 5.74) is 2.50. The third-order valence-electron chi connectivity index (χ3n) is 3.60. The largest absolute Gasteiger partial charge is 0.345 e. The van der Waals surface area contributed by atoms with Crippen LogP contribution in [0.4, 0.5) is 0 Å². The molecule has 0 aliphatic carbocycles. The highest BCUT2D eigenvalue weighted by molar-refractivity contribution is 8.93. The van der Waals surface area contributed by atoms with Gasteiger partial charge in [-0.15, -0.1) is 17.0 Å². The number of rotatable bonds is 3. The normalized spacial score (nSPS) is 13.8. The molecule has 2 aromatic carbocycles. The van der Waals surface area contributed by atoms with Crippen LogP contribution in [-0.2, 0) is 0 Å². The number of aliphatic imine (C=N–C) groups is 1. The van der Waals surface area contributed by atoms with Crippen LogP contribution in [-0.4, -0.2) is 31.0 Å². The van der Waals surface area contributed by atoms with E-state index in [1.54, 1.807) is 0 Å². The summed E-state index contributed by atoms with van der Waals surface area (Å²) >= 11 is 0. The Morgan fingerprint density at radius 3 is 1.90 bits per heavy atom. The Balaban J connectivity index is 0.00000161. The molecule has 0 atom stereocenters. The number of nitrogens with one attached hydrogen (secondary N) is 1. The molecule has 1 aliphatic heterocycles. The van der Waals surface area contributed by atoms with Crippen molar-refractivity contribution in [3.63, 3.8) is 0 Å². The van der Waals surface area contributed by atoms with Gasteiger partial charge < -0.3 is 10.2 Å². The number of halogens is 1. The lowest BCUT2D eigenvalue weighted by Crippen LogP contribution is -2.38. The zero-order valence-corrected chi connectivity index (χ0v) is 13.8. The molecule has 1 heterocycles. The molecule has 1 aliphatic rings. The molecule has 0 amide bonds. The zero-order chi connectivity index (χ0) is 13.8. The molecule has 0 saturated heterocycles. The molecule has 0 fully saturated rings. The van der Waals surface area contributed by atoms with Crippen LogP contribution in [0.2, 0.25) is 0 Å². The lowest BCUT2D eigenvalue weighted by molar-refractivity contribution is 0.525. The van der Waals surface area contributed by atoms with Crippen LogP contribution in [0.1, 0.15) is 17.2 Å². The Bertz CT molecular complexity index is 544. The van der Waals surface area contributed by atoms with Crippen LogP contribution in [0.3, 0.4) is 0 Å². The van der Waals surface area contributed by atoms with Gasteiger partial charge in [-0.1, -0.05) is 60.7 Å². The van der Waals surface area contributed by atoms with E-state index in [1.165, 1.54) is 11.1 Å². The van der Waals surface area contributed by atoms with Crippen molar-refractivity contribution in [1.82, 2.24) is 10.2 Å². The van der Waals surface area contributed by atoms with Gasteiger partial charge in [0.2, 0.25) is 0 Å². The van der Waals surface area contributed by atoms with E-state index in [0.717, 1.165) is 19.0 Å². The third kappa shape index (κ3) is 3.64. The van der Waals surface area contributed by atoms with Gasteiger partial charge in [-0.2, -0.15) is 0 Å². The Kier molecular flexibility index (Phi) is 5.39. The summed E-state index contributed by atoms with van der Waals surface area (Å²) in [6, 6.07) is 21.1. The van der Waals surface area contributed by atoms with Crippen LogP contribution in [0.15, 0.2) is 65.7 Å². The van der Waals surface area contributed by atoms with E-state index in [0.29, 0.717) is 0 Å². The second-order valence-electron chi connectivity index (χ2n) is 5.03. The van der Waals surface area contributed by atoms with E-state index >= 15 is 0 Å². The Morgan fingerprint density at radius 1 is 0.952 bits per heavy atom. The lowest BCUT2D eigenvalue weighted by Gasteiger charge is -2.24. The van der Waals surface area contributed by atoms with Gasteiger partial charge in [-0.3, -0.25) is 4.99 Å². The number of nitrogens with zero attached hydrogens (tertiary/aromatic N) is 2. The highest BCUT2D eigenvalue weighted by Gasteiger charge is 2.19. The molecule has 1 N–H and O–H groups in total. The fourth-order valence-electron chi connectivity index (χ4n) is 2.47. The number of hydrogen-bond donors (Lipinski definition) is 1. The first-order valence-electron chi connectivity index (χ1n) is 6.96. The molecule has 0 radical (unpaired) electrons. The standard InChI is InChI=1S/C17H19N3.BrH/c1-20-13-12-18-17(20)19-16(14-8-4-2-5-9-14)15-10-6-3-7-11-15;/h2-11,16H,12-13H2,1H3,(H,18,19);1H. The van der Waals surface area contributed by atoms with Crippen molar-refractivity contribution >= 4 is 22.9 Å². The maximum absolute atomic E-state index is 4.54. The topological polar surface area (TPSA) is 27.6 Å². The summed E-state index contributed by atoms with van der Waals surface area (Å²) in [7, 11) is 2.08. The van der Waals surface area contributed by atoms with Crippen molar-refractivity contribution in [3.8, 4) is 0 Å². The predicted octanol–water partition coefficient (Wildman–Crippen LogP) is 3.24. The van der Waals surface area contributed by atoms with E-state index < -0.39 is 0 Å². The average molecular weight is 346 g/mol. The summed E-state index contributed by atoms with van der Waals surface area (Å²) in [6.07, 6.45) is 0. The second-order valence-corrected chi connectivity index (χ2v) is 5.03.